The maximum absolute atomic E-state index is 12.4. The van der Waals surface area contributed by atoms with E-state index in [0.29, 0.717) is 6.42 Å². The summed E-state index contributed by atoms with van der Waals surface area (Å²) >= 11 is 0. The Kier molecular flexibility index (Phi) is 3.95. The molecule has 1 aliphatic rings. The Morgan fingerprint density at radius 2 is 2.05 bits per heavy atom. The van der Waals surface area contributed by atoms with E-state index in [2.05, 4.69) is 5.32 Å². The van der Waals surface area contributed by atoms with Crippen molar-refractivity contribution in [3.8, 4) is 0 Å². The molecule has 1 fully saturated rings. The topological polar surface area (TPSA) is 49.3 Å². The number of rotatable bonds is 4. The van der Waals surface area contributed by atoms with Crippen molar-refractivity contribution in [1.82, 2.24) is 5.32 Å². The van der Waals surface area contributed by atoms with E-state index in [4.69, 9.17) is 0 Å². The minimum absolute atomic E-state index is 0.0682. The molecule has 104 valence electrons. The third kappa shape index (κ3) is 2.66. The SMILES string of the molecule is CCC(C(=O)NC1CC(O)C1(C)C)c1ccccc1. The molecule has 1 saturated carbocycles. The lowest BCUT2D eigenvalue weighted by molar-refractivity contribution is -0.130. The molecule has 0 heterocycles. The molecule has 0 radical (unpaired) electrons. The van der Waals surface area contributed by atoms with Gasteiger partial charge in [0.25, 0.3) is 0 Å². The maximum Gasteiger partial charge on any atom is 0.227 e. The smallest absolute Gasteiger partial charge is 0.227 e. The number of benzene rings is 1. The van der Waals surface area contributed by atoms with Gasteiger partial charge in [-0.25, -0.2) is 0 Å². The molecule has 1 aromatic carbocycles. The molecule has 0 aromatic heterocycles. The third-order valence-corrected chi connectivity index (χ3v) is 4.46. The van der Waals surface area contributed by atoms with Gasteiger partial charge in [-0.15, -0.1) is 0 Å². The molecule has 1 aliphatic carbocycles. The highest BCUT2D eigenvalue weighted by Crippen LogP contribution is 2.40. The van der Waals surface area contributed by atoms with Gasteiger partial charge < -0.3 is 10.4 Å². The number of aliphatic hydroxyl groups excluding tert-OH is 1. The van der Waals surface area contributed by atoms with Crippen molar-refractivity contribution in [1.29, 1.82) is 0 Å². The van der Waals surface area contributed by atoms with Crippen LogP contribution in [0.25, 0.3) is 0 Å². The molecule has 1 amide bonds. The van der Waals surface area contributed by atoms with Crippen molar-refractivity contribution >= 4 is 5.91 Å². The Bertz CT molecular complexity index is 441. The Morgan fingerprint density at radius 3 is 2.53 bits per heavy atom. The Hall–Kier alpha value is -1.35. The molecule has 0 spiro atoms. The van der Waals surface area contributed by atoms with Crippen molar-refractivity contribution in [2.75, 3.05) is 0 Å². The molecule has 2 N–H and O–H groups in total. The van der Waals surface area contributed by atoms with Gasteiger partial charge in [0.1, 0.15) is 0 Å². The van der Waals surface area contributed by atoms with E-state index in [-0.39, 0.29) is 29.4 Å². The quantitative estimate of drug-likeness (QED) is 0.874. The summed E-state index contributed by atoms with van der Waals surface area (Å²) in [6.45, 7) is 6.02. The van der Waals surface area contributed by atoms with E-state index in [1.165, 1.54) is 0 Å². The van der Waals surface area contributed by atoms with E-state index < -0.39 is 0 Å². The number of hydrogen-bond donors (Lipinski definition) is 2. The van der Waals surface area contributed by atoms with Crippen molar-refractivity contribution in [3.63, 3.8) is 0 Å². The van der Waals surface area contributed by atoms with E-state index in [1.807, 2.05) is 51.1 Å². The number of hydrogen-bond acceptors (Lipinski definition) is 2. The van der Waals surface area contributed by atoms with Crippen LogP contribution < -0.4 is 5.32 Å². The summed E-state index contributed by atoms with van der Waals surface area (Å²) in [5, 5.41) is 12.8. The zero-order chi connectivity index (χ0) is 14.0. The minimum Gasteiger partial charge on any atom is -0.392 e. The van der Waals surface area contributed by atoms with Gasteiger partial charge in [0.2, 0.25) is 5.91 Å². The van der Waals surface area contributed by atoms with Crippen LogP contribution in [-0.2, 0) is 4.79 Å². The zero-order valence-electron chi connectivity index (χ0n) is 11.9. The van der Waals surface area contributed by atoms with Gasteiger partial charge in [-0.1, -0.05) is 51.1 Å². The van der Waals surface area contributed by atoms with Crippen LogP contribution in [-0.4, -0.2) is 23.2 Å². The van der Waals surface area contributed by atoms with Crippen LogP contribution in [0.2, 0.25) is 0 Å². The van der Waals surface area contributed by atoms with Crippen LogP contribution in [0, 0.1) is 5.41 Å². The van der Waals surface area contributed by atoms with E-state index >= 15 is 0 Å². The highest BCUT2D eigenvalue weighted by Gasteiger charge is 2.48. The molecule has 3 atom stereocenters. The second kappa shape index (κ2) is 5.33. The van der Waals surface area contributed by atoms with E-state index in [9.17, 15) is 9.90 Å². The van der Waals surface area contributed by atoms with E-state index in [0.717, 1.165) is 12.0 Å². The molecule has 0 saturated heterocycles. The highest BCUT2D eigenvalue weighted by atomic mass is 16.3. The lowest BCUT2D eigenvalue weighted by Crippen LogP contribution is -2.61. The number of aliphatic hydroxyl groups is 1. The van der Waals surface area contributed by atoms with Gasteiger partial charge in [-0.05, 0) is 18.4 Å². The van der Waals surface area contributed by atoms with Gasteiger partial charge in [0, 0.05) is 11.5 Å². The average Bonchev–Trinajstić information content (AvgIpc) is 2.40. The lowest BCUT2D eigenvalue weighted by Gasteiger charge is -2.49. The first-order chi connectivity index (χ1) is 8.96. The monoisotopic (exact) mass is 261 g/mol. The Labute approximate surface area is 115 Å². The zero-order valence-corrected chi connectivity index (χ0v) is 11.9. The molecule has 19 heavy (non-hydrogen) atoms. The van der Waals surface area contributed by atoms with Crippen LogP contribution in [0.3, 0.4) is 0 Å². The van der Waals surface area contributed by atoms with Crippen molar-refractivity contribution in [2.45, 2.75) is 51.7 Å². The summed E-state index contributed by atoms with van der Waals surface area (Å²) < 4.78 is 0. The highest BCUT2D eigenvalue weighted by molar-refractivity contribution is 5.84. The van der Waals surface area contributed by atoms with Gasteiger partial charge >= 0.3 is 0 Å². The molecule has 2 rings (SSSR count). The van der Waals surface area contributed by atoms with Crippen LogP contribution in [0.1, 0.15) is 45.1 Å². The predicted octanol–water partition coefficient (Wildman–Crippen LogP) is 2.46. The molecule has 1 aromatic rings. The lowest BCUT2D eigenvalue weighted by atomic mass is 9.64. The summed E-state index contributed by atoms with van der Waals surface area (Å²) in [7, 11) is 0. The van der Waals surface area contributed by atoms with Gasteiger partial charge in [-0.2, -0.15) is 0 Å². The molecule has 3 heteroatoms. The largest absolute Gasteiger partial charge is 0.392 e. The van der Waals surface area contributed by atoms with Crippen molar-refractivity contribution < 1.29 is 9.90 Å². The minimum atomic E-state index is -0.311. The van der Waals surface area contributed by atoms with Gasteiger partial charge in [0.05, 0.1) is 12.0 Å². The second-order valence-electron chi connectivity index (χ2n) is 6.01. The standard InChI is InChI=1S/C16H23NO2/c1-4-12(11-8-6-5-7-9-11)15(19)17-13-10-14(18)16(13,2)3/h5-9,12-14,18H,4,10H2,1-3H3,(H,17,19). The summed E-state index contributed by atoms with van der Waals surface area (Å²) in [6.07, 6.45) is 1.13. The van der Waals surface area contributed by atoms with Gasteiger partial charge in [-0.3, -0.25) is 4.79 Å². The normalized spacial score (nSPS) is 26.3. The van der Waals surface area contributed by atoms with Crippen LogP contribution in [0.4, 0.5) is 0 Å². The molecule has 0 bridgehead atoms. The second-order valence-corrected chi connectivity index (χ2v) is 6.01. The van der Waals surface area contributed by atoms with E-state index in [1.54, 1.807) is 0 Å². The summed E-state index contributed by atoms with van der Waals surface area (Å²) in [4.78, 5) is 12.4. The maximum atomic E-state index is 12.4. The average molecular weight is 261 g/mol. The molecular weight excluding hydrogens is 238 g/mol. The summed E-state index contributed by atoms with van der Waals surface area (Å²) in [6, 6.07) is 9.94. The number of carbonyl (C=O) groups is 1. The fourth-order valence-electron chi connectivity index (χ4n) is 2.68. The number of amides is 1. The first kappa shape index (κ1) is 14.1. The number of carbonyl (C=O) groups excluding carboxylic acids is 1. The third-order valence-electron chi connectivity index (χ3n) is 4.46. The molecule has 3 nitrogen and oxygen atoms in total. The van der Waals surface area contributed by atoms with Crippen LogP contribution >= 0.6 is 0 Å². The number of nitrogens with one attached hydrogen (secondary N) is 1. The Balaban J connectivity index is 2.03. The summed E-state index contributed by atoms with van der Waals surface area (Å²) in [5.41, 5.74) is 0.838. The van der Waals surface area contributed by atoms with Crippen molar-refractivity contribution in [3.05, 3.63) is 35.9 Å². The van der Waals surface area contributed by atoms with Crippen LogP contribution in [0.15, 0.2) is 30.3 Å². The predicted molar refractivity (Wildman–Crippen MR) is 75.8 cm³/mol. The Morgan fingerprint density at radius 1 is 1.42 bits per heavy atom. The summed E-state index contributed by atoms with van der Waals surface area (Å²) in [5.74, 6) is -0.0339. The van der Waals surface area contributed by atoms with Crippen LogP contribution in [0.5, 0.6) is 0 Å². The fourth-order valence-corrected chi connectivity index (χ4v) is 2.68. The fraction of sp³-hybridized carbons (Fsp3) is 0.562. The molecular formula is C16H23NO2. The van der Waals surface area contributed by atoms with Gasteiger partial charge in [0.15, 0.2) is 0 Å². The first-order valence-electron chi connectivity index (χ1n) is 7.00. The molecule has 3 unspecified atom stereocenters. The molecule has 0 aliphatic heterocycles. The first-order valence-corrected chi connectivity index (χ1v) is 7.00. The van der Waals surface area contributed by atoms with Crippen molar-refractivity contribution in [2.24, 2.45) is 5.41 Å².